The van der Waals surface area contributed by atoms with E-state index in [1.807, 2.05) is 34.6 Å². The zero-order valence-corrected chi connectivity index (χ0v) is 11.9. The van der Waals surface area contributed by atoms with E-state index in [4.69, 9.17) is 0 Å². The fourth-order valence-corrected chi connectivity index (χ4v) is 2.33. The summed E-state index contributed by atoms with van der Waals surface area (Å²) in [5.74, 6) is -0.387. The van der Waals surface area contributed by atoms with Crippen molar-refractivity contribution in [2.45, 2.75) is 40.2 Å². The molecule has 0 aromatic heterocycles. The van der Waals surface area contributed by atoms with Gasteiger partial charge in [0.05, 0.1) is 5.54 Å². The summed E-state index contributed by atoms with van der Waals surface area (Å²) in [7, 11) is 0. The van der Waals surface area contributed by atoms with Crippen LogP contribution in [0.1, 0.15) is 43.6 Å². The molecule has 0 aliphatic rings. The average Bonchev–Trinajstić information content (AvgIpc) is 2.32. The Morgan fingerprint density at radius 1 is 1.28 bits per heavy atom. The van der Waals surface area contributed by atoms with Crippen LogP contribution in [-0.2, 0) is 0 Å². The molecule has 2 nitrogen and oxygen atoms in total. The topological polar surface area (TPSA) is 20.3 Å². The van der Waals surface area contributed by atoms with Crippen LogP contribution in [0.3, 0.4) is 0 Å². The van der Waals surface area contributed by atoms with Gasteiger partial charge in [0.25, 0.3) is 0 Å². The van der Waals surface area contributed by atoms with Crippen LogP contribution in [0.5, 0.6) is 0 Å². The Balaban J connectivity index is 3.16. The van der Waals surface area contributed by atoms with Crippen molar-refractivity contribution in [1.29, 1.82) is 0 Å². The Morgan fingerprint density at radius 3 is 2.33 bits per heavy atom. The molecule has 0 aliphatic heterocycles. The maximum atomic E-state index is 13.3. The third-order valence-electron chi connectivity index (χ3n) is 3.55. The van der Waals surface area contributed by atoms with Crippen molar-refractivity contribution in [2.24, 2.45) is 0 Å². The number of Topliss-reactive ketones (excluding diaryl/α,β-unsaturated/α-hetero) is 1. The molecule has 1 rings (SSSR count). The van der Waals surface area contributed by atoms with Crippen LogP contribution in [0.2, 0.25) is 0 Å². The number of benzene rings is 1. The molecule has 0 saturated heterocycles. The molecule has 0 bridgehead atoms. The van der Waals surface area contributed by atoms with E-state index in [1.165, 1.54) is 12.1 Å². The molecule has 0 aliphatic carbocycles. The van der Waals surface area contributed by atoms with Gasteiger partial charge in [-0.2, -0.15) is 0 Å². The molecule has 0 amide bonds. The first-order chi connectivity index (χ1) is 8.34. The van der Waals surface area contributed by atoms with Crippen molar-refractivity contribution in [1.82, 2.24) is 4.90 Å². The SMILES string of the molecule is CCN(CC)C(C)(C)C(=O)c1cc(F)ccc1C. The Kier molecular flexibility index (Phi) is 4.63. The van der Waals surface area contributed by atoms with Crippen molar-refractivity contribution < 1.29 is 9.18 Å². The van der Waals surface area contributed by atoms with Crippen LogP contribution in [0.4, 0.5) is 4.39 Å². The van der Waals surface area contributed by atoms with Crippen molar-refractivity contribution in [3.8, 4) is 0 Å². The van der Waals surface area contributed by atoms with Gasteiger partial charge in [-0.1, -0.05) is 19.9 Å². The maximum Gasteiger partial charge on any atom is 0.182 e. The zero-order chi connectivity index (χ0) is 13.9. The lowest BCUT2D eigenvalue weighted by Gasteiger charge is -2.36. The Morgan fingerprint density at radius 2 is 1.83 bits per heavy atom. The molecular formula is C15H22FNO. The van der Waals surface area contributed by atoms with Gasteiger partial charge in [-0.05, 0) is 51.6 Å². The summed E-state index contributed by atoms with van der Waals surface area (Å²) < 4.78 is 13.3. The first-order valence-corrected chi connectivity index (χ1v) is 6.40. The highest BCUT2D eigenvalue weighted by Crippen LogP contribution is 2.23. The summed E-state index contributed by atoms with van der Waals surface area (Å²) in [4.78, 5) is 14.7. The van der Waals surface area contributed by atoms with E-state index in [9.17, 15) is 9.18 Å². The predicted octanol–water partition coefficient (Wildman–Crippen LogP) is 3.44. The number of carbonyl (C=O) groups excluding carboxylic acids is 1. The van der Waals surface area contributed by atoms with Crippen molar-refractivity contribution >= 4 is 5.78 Å². The van der Waals surface area contributed by atoms with Crippen LogP contribution in [0, 0.1) is 12.7 Å². The molecule has 1 aromatic carbocycles. The summed E-state index contributed by atoms with van der Waals surface area (Å²) in [5, 5.41) is 0. The molecule has 0 unspecified atom stereocenters. The third kappa shape index (κ3) is 2.78. The predicted molar refractivity (Wildman–Crippen MR) is 72.5 cm³/mol. The maximum absolute atomic E-state index is 13.3. The number of hydrogen-bond acceptors (Lipinski definition) is 2. The summed E-state index contributed by atoms with van der Waals surface area (Å²) in [6.45, 7) is 11.3. The molecular weight excluding hydrogens is 229 g/mol. The van der Waals surface area contributed by atoms with E-state index < -0.39 is 5.54 Å². The number of hydrogen-bond donors (Lipinski definition) is 0. The second-order valence-electron chi connectivity index (χ2n) is 5.02. The van der Waals surface area contributed by atoms with Gasteiger partial charge in [-0.25, -0.2) is 4.39 Å². The van der Waals surface area contributed by atoms with E-state index in [0.29, 0.717) is 5.56 Å². The molecule has 0 N–H and O–H groups in total. The van der Waals surface area contributed by atoms with Gasteiger partial charge in [0.15, 0.2) is 5.78 Å². The van der Waals surface area contributed by atoms with E-state index >= 15 is 0 Å². The van der Waals surface area contributed by atoms with E-state index in [2.05, 4.69) is 4.90 Å². The largest absolute Gasteiger partial charge is 0.292 e. The third-order valence-corrected chi connectivity index (χ3v) is 3.55. The number of likely N-dealkylation sites (N-methyl/N-ethyl adjacent to an activating group) is 1. The normalized spacial score (nSPS) is 11.9. The Bertz CT molecular complexity index is 436. The van der Waals surface area contributed by atoms with Gasteiger partial charge in [0.2, 0.25) is 0 Å². The van der Waals surface area contributed by atoms with Gasteiger partial charge >= 0.3 is 0 Å². The second kappa shape index (κ2) is 5.61. The standard InChI is InChI=1S/C15H22FNO/c1-6-17(7-2)15(4,5)14(18)13-10-12(16)9-8-11(13)3/h8-10H,6-7H2,1-5H3. The number of ketones is 1. The lowest BCUT2D eigenvalue weighted by atomic mass is 9.89. The molecule has 0 saturated carbocycles. The van der Waals surface area contributed by atoms with Crippen LogP contribution in [0.25, 0.3) is 0 Å². The fourth-order valence-electron chi connectivity index (χ4n) is 2.33. The monoisotopic (exact) mass is 251 g/mol. The summed E-state index contributed by atoms with van der Waals surface area (Å²) >= 11 is 0. The Labute approximate surface area is 109 Å². The minimum Gasteiger partial charge on any atom is -0.292 e. The number of halogens is 1. The molecule has 0 fully saturated rings. The van der Waals surface area contributed by atoms with Gasteiger partial charge in [-0.15, -0.1) is 0 Å². The van der Waals surface area contributed by atoms with Crippen molar-refractivity contribution in [2.75, 3.05) is 13.1 Å². The molecule has 0 heterocycles. The van der Waals surface area contributed by atoms with Gasteiger partial charge in [0.1, 0.15) is 5.82 Å². The number of carbonyl (C=O) groups is 1. The number of aryl methyl sites for hydroxylation is 1. The number of rotatable bonds is 5. The lowest BCUT2D eigenvalue weighted by Crippen LogP contribution is -2.50. The number of nitrogens with zero attached hydrogens (tertiary/aromatic N) is 1. The molecule has 0 atom stereocenters. The first-order valence-electron chi connectivity index (χ1n) is 6.40. The van der Waals surface area contributed by atoms with Gasteiger partial charge in [0, 0.05) is 5.56 Å². The Hall–Kier alpha value is -1.22. The van der Waals surface area contributed by atoms with Gasteiger partial charge in [-0.3, -0.25) is 9.69 Å². The molecule has 0 spiro atoms. The minimum atomic E-state index is -0.609. The average molecular weight is 251 g/mol. The summed E-state index contributed by atoms with van der Waals surface area (Å²) in [5.41, 5.74) is 0.690. The quantitative estimate of drug-likeness (QED) is 0.747. The van der Waals surface area contributed by atoms with E-state index in [1.54, 1.807) is 6.07 Å². The van der Waals surface area contributed by atoms with Crippen molar-refractivity contribution in [3.63, 3.8) is 0 Å². The summed E-state index contributed by atoms with van der Waals surface area (Å²) in [6.07, 6.45) is 0. The van der Waals surface area contributed by atoms with Gasteiger partial charge < -0.3 is 0 Å². The van der Waals surface area contributed by atoms with E-state index in [-0.39, 0.29) is 11.6 Å². The molecule has 100 valence electrons. The smallest absolute Gasteiger partial charge is 0.182 e. The minimum absolute atomic E-state index is 0.0248. The van der Waals surface area contributed by atoms with E-state index in [0.717, 1.165) is 18.7 Å². The second-order valence-corrected chi connectivity index (χ2v) is 5.02. The van der Waals surface area contributed by atoms with Crippen LogP contribution < -0.4 is 0 Å². The van der Waals surface area contributed by atoms with Crippen LogP contribution >= 0.6 is 0 Å². The van der Waals surface area contributed by atoms with Crippen LogP contribution in [0.15, 0.2) is 18.2 Å². The van der Waals surface area contributed by atoms with Crippen molar-refractivity contribution in [3.05, 3.63) is 35.1 Å². The summed E-state index contributed by atoms with van der Waals surface area (Å²) in [6, 6.07) is 4.38. The molecule has 1 aromatic rings. The highest BCUT2D eigenvalue weighted by atomic mass is 19.1. The molecule has 3 heteroatoms. The first kappa shape index (κ1) is 14.8. The highest BCUT2D eigenvalue weighted by Gasteiger charge is 2.34. The highest BCUT2D eigenvalue weighted by molar-refractivity contribution is 6.03. The fraction of sp³-hybridized carbons (Fsp3) is 0.533. The van der Waals surface area contributed by atoms with Crippen LogP contribution in [-0.4, -0.2) is 29.3 Å². The zero-order valence-electron chi connectivity index (χ0n) is 11.9. The lowest BCUT2D eigenvalue weighted by molar-refractivity contribution is 0.0667. The molecule has 0 radical (unpaired) electrons. The molecule has 18 heavy (non-hydrogen) atoms.